The largest absolute Gasteiger partial charge is 0.486 e. The maximum Gasteiger partial charge on any atom is 0.330 e. The lowest BCUT2D eigenvalue weighted by Gasteiger charge is -2.19. The van der Waals surface area contributed by atoms with E-state index in [-0.39, 0.29) is 0 Å². The number of H-pyrrole nitrogens is 1. The van der Waals surface area contributed by atoms with Crippen molar-refractivity contribution in [2.24, 2.45) is 0 Å². The third-order valence-corrected chi connectivity index (χ3v) is 4.94. The van der Waals surface area contributed by atoms with Gasteiger partial charge in [0.1, 0.15) is 19.0 Å². The van der Waals surface area contributed by atoms with E-state index < -0.39 is 11.2 Å². The number of benzene rings is 1. The van der Waals surface area contributed by atoms with E-state index in [0.29, 0.717) is 61.4 Å². The van der Waals surface area contributed by atoms with Crippen molar-refractivity contribution in [1.29, 1.82) is 0 Å². The number of hydrogen-bond acceptors (Lipinski definition) is 6. The highest BCUT2D eigenvalue weighted by molar-refractivity contribution is 5.77. The molecular weight excluding hydrogens is 376 g/mol. The van der Waals surface area contributed by atoms with Gasteiger partial charge >= 0.3 is 5.69 Å². The number of aromatic amines is 1. The first-order valence-corrected chi connectivity index (χ1v) is 9.76. The number of fused-ring (bicyclic) bond motifs is 2. The highest BCUT2D eigenvalue weighted by Crippen LogP contribution is 2.34. The Kier molecular flexibility index (Phi) is 5.39. The van der Waals surface area contributed by atoms with Crippen LogP contribution in [-0.2, 0) is 17.8 Å². The molecule has 1 N–H and O–H groups in total. The third-order valence-electron chi connectivity index (χ3n) is 4.94. The zero-order valence-electron chi connectivity index (χ0n) is 16.6. The minimum absolute atomic E-state index is 0.364. The van der Waals surface area contributed by atoms with Gasteiger partial charge in [0, 0.05) is 25.8 Å². The van der Waals surface area contributed by atoms with E-state index in [1.54, 1.807) is 11.7 Å². The fourth-order valence-electron chi connectivity index (χ4n) is 3.50. The maximum absolute atomic E-state index is 12.7. The second-order valence-corrected chi connectivity index (χ2v) is 6.87. The first-order valence-electron chi connectivity index (χ1n) is 9.76. The van der Waals surface area contributed by atoms with E-state index in [0.717, 1.165) is 18.4 Å². The van der Waals surface area contributed by atoms with Gasteiger partial charge in [-0.25, -0.2) is 9.78 Å². The number of nitrogens with zero attached hydrogens (tertiary/aromatic N) is 3. The van der Waals surface area contributed by atoms with Crippen LogP contribution in [0.25, 0.3) is 22.6 Å². The van der Waals surface area contributed by atoms with Crippen molar-refractivity contribution in [3.05, 3.63) is 39.0 Å². The molecule has 0 amide bonds. The Morgan fingerprint density at radius 3 is 2.69 bits per heavy atom. The van der Waals surface area contributed by atoms with Gasteiger partial charge in [-0.1, -0.05) is 13.3 Å². The number of hydrogen-bond donors (Lipinski definition) is 1. The Bertz CT molecular complexity index is 1140. The Labute approximate surface area is 166 Å². The number of nitrogens with one attached hydrogen (secondary N) is 1. The van der Waals surface area contributed by atoms with Crippen LogP contribution >= 0.6 is 0 Å². The summed E-state index contributed by atoms with van der Waals surface area (Å²) in [6, 6.07) is 5.56. The molecule has 4 rings (SSSR count). The third kappa shape index (κ3) is 3.53. The van der Waals surface area contributed by atoms with Crippen molar-refractivity contribution in [3.8, 4) is 22.9 Å². The molecule has 29 heavy (non-hydrogen) atoms. The highest BCUT2D eigenvalue weighted by atomic mass is 16.6. The van der Waals surface area contributed by atoms with E-state index in [1.165, 1.54) is 4.57 Å². The molecular formula is C20H24N4O5. The van der Waals surface area contributed by atoms with Gasteiger partial charge in [-0.15, -0.1) is 0 Å². The zero-order chi connectivity index (χ0) is 20.4. The Balaban J connectivity index is 1.94. The van der Waals surface area contributed by atoms with Gasteiger partial charge in [-0.05, 0) is 24.6 Å². The minimum Gasteiger partial charge on any atom is -0.486 e. The molecule has 1 aliphatic heterocycles. The number of imidazole rings is 1. The topological polar surface area (TPSA) is 100 Å². The predicted molar refractivity (Wildman–Crippen MR) is 108 cm³/mol. The van der Waals surface area contributed by atoms with Gasteiger partial charge < -0.3 is 18.8 Å². The van der Waals surface area contributed by atoms with E-state index in [1.807, 2.05) is 25.1 Å². The molecule has 9 nitrogen and oxygen atoms in total. The lowest BCUT2D eigenvalue weighted by atomic mass is 10.2. The molecule has 0 saturated heterocycles. The molecule has 0 bridgehead atoms. The molecule has 2 aromatic heterocycles. The van der Waals surface area contributed by atoms with E-state index in [2.05, 4.69) is 4.98 Å². The smallest absolute Gasteiger partial charge is 0.330 e. The lowest BCUT2D eigenvalue weighted by Crippen LogP contribution is -2.31. The molecule has 1 aromatic carbocycles. The van der Waals surface area contributed by atoms with Crippen molar-refractivity contribution in [2.75, 3.05) is 26.9 Å². The summed E-state index contributed by atoms with van der Waals surface area (Å²) in [6.07, 6.45) is 1.73. The van der Waals surface area contributed by atoms with Crippen molar-refractivity contribution < 1.29 is 14.2 Å². The Hall–Kier alpha value is -3.07. The number of unbranched alkanes of at least 4 members (excludes halogenated alkanes) is 1. The van der Waals surface area contributed by atoms with Crippen molar-refractivity contribution in [2.45, 2.75) is 32.9 Å². The van der Waals surface area contributed by atoms with Crippen LogP contribution in [-0.4, -0.2) is 46.0 Å². The van der Waals surface area contributed by atoms with Gasteiger partial charge in [-0.2, -0.15) is 0 Å². The van der Waals surface area contributed by atoms with Gasteiger partial charge in [0.25, 0.3) is 5.56 Å². The SMILES string of the molecule is CCCCn1c(=O)[nH]c(=O)c2c1nc(-c1ccc3c(c1)OCCO3)n2CCOC. The van der Waals surface area contributed by atoms with Crippen LogP contribution in [0.2, 0.25) is 0 Å². The molecule has 0 atom stereocenters. The number of rotatable bonds is 7. The van der Waals surface area contributed by atoms with E-state index in [4.69, 9.17) is 19.2 Å². The van der Waals surface area contributed by atoms with Crippen molar-refractivity contribution in [3.63, 3.8) is 0 Å². The zero-order valence-corrected chi connectivity index (χ0v) is 16.6. The summed E-state index contributed by atoms with van der Waals surface area (Å²) in [5.41, 5.74) is 0.623. The molecule has 0 unspecified atom stereocenters. The molecule has 0 spiro atoms. The minimum atomic E-state index is -0.454. The van der Waals surface area contributed by atoms with Gasteiger partial charge in [0.15, 0.2) is 22.7 Å². The molecule has 1 aliphatic rings. The number of methoxy groups -OCH3 is 1. The maximum atomic E-state index is 12.7. The number of aromatic nitrogens is 4. The quantitative estimate of drug-likeness (QED) is 0.649. The summed E-state index contributed by atoms with van der Waals surface area (Å²) >= 11 is 0. The van der Waals surface area contributed by atoms with Crippen LogP contribution < -0.4 is 20.7 Å². The van der Waals surface area contributed by atoms with Crippen LogP contribution in [0.1, 0.15) is 19.8 Å². The average molecular weight is 400 g/mol. The molecule has 0 saturated carbocycles. The van der Waals surface area contributed by atoms with Gasteiger partial charge in [0.05, 0.1) is 6.61 Å². The molecule has 3 heterocycles. The molecule has 9 heteroatoms. The standard InChI is InChI=1S/C20H24N4O5/c1-3-4-7-24-18-16(19(25)22-20(24)26)23(8-9-27-2)17(21-18)13-5-6-14-15(12-13)29-11-10-28-14/h5-6,12H,3-4,7-11H2,1-2H3,(H,22,25,26). The fraction of sp³-hybridized carbons (Fsp3) is 0.450. The van der Waals surface area contributed by atoms with Crippen LogP contribution in [0.15, 0.2) is 27.8 Å². The van der Waals surface area contributed by atoms with Gasteiger partial charge in [-0.3, -0.25) is 14.3 Å². The molecule has 0 fully saturated rings. The first-order chi connectivity index (χ1) is 14.1. The summed E-state index contributed by atoms with van der Waals surface area (Å²) < 4.78 is 19.8. The summed E-state index contributed by atoms with van der Waals surface area (Å²) in [5, 5.41) is 0. The molecule has 0 aliphatic carbocycles. The summed E-state index contributed by atoms with van der Waals surface area (Å²) in [6.45, 7) is 4.35. The number of ether oxygens (including phenoxy) is 3. The van der Waals surface area contributed by atoms with Crippen molar-refractivity contribution >= 4 is 11.2 Å². The molecule has 0 radical (unpaired) electrons. The molecule has 154 valence electrons. The Morgan fingerprint density at radius 1 is 1.14 bits per heavy atom. The van der Waals surface area contributed by atoms with Crippen molar-refractivity contribution in [1.82, 2.24) is 19.1 Å². The first kappa shape index (κ1) is 19.3. The van der Waals surface area contributed by atoms with E-state index >= 15 is 0 Å². The second-order valence-electron chi connectivity index (χ2n) is 6.87. The summed E-state index contributed by atoms with van der Waals surface area (Å²) in [4.78, 5) is 32.2. The normalized spacial score (nSPS) is 13.2. The highest BCUT2D eigenvalue weighted by Gasteiger charge is 2.21. The monoisotopic (exact) mass is 400 g/mol. The lowest BCUT2D eigenvalue weighted by molar-refractivity contribution is 0.171. The van der Waals surface area contributed by atoms with Crippen LogP contribution in [0.4, 0.5) is 0 Å². The second kappa shape index (κ2) is 8.12. The Morgan fingerprint density at radius 2 is 1.93 bits per heavy atom. The van der Waals surface area contributed by atoms with Crippen LogP contribution in [0, 0.1) is 0 Å². The molecule has 3 aromatic rings. The number of aryl methyl sites for hydroxylation is 1. The van der Waals surface area contributed by atoms with Gasteiger partial charge in [0.2, 0.25) is 0 Å². The fourth-order valence-corrected chi connectivity index (χ4v) is 3.50. The summed E-state index contributed by atoms with van der Waals surface area (Å²) in [7, 11) is 1.60. The average Bonchev–Trinajstić information content (AvgIpc) is 3.11. The van der Waals surface area contributed by atoms with E-state index in [9.17, 15) is 9.59 Å². The van der Waals surface area contributed by atoms with Crippen LogP contribution in [0.5, 0.6) is 11.5 Å². The predicted octanol–water partition coefficient (Wildman–Crippen LogP) is 1.77. The summed E-state index contributed by atoms with van der Waals surface area (Å²) in [5.74, 6) is 1.89. The van der Waals surface area contributed by atoms with Crippen LogP contribution in [0.3, 0.4) is 0 Å².